The van der Waals surface area contributed by atoms with Crippen LogP contribution < -0.4 is 15.8 Å². The van der Waals surface area contributed by atoms with E-state index in [0.717, 1.165) is 6.33 Å². The van der Waals surface area contributed by atoms with Gasteiger partial charge in [-0.3, -0.25) is 9.52 Å². The zero-order chi connectivity index (χ0) is 22.1. The van der Waals surface area contributed by atoms with Gasteiger partial charge in [-0.2, -0.15) is 0 Å². The summed E-state index contributed by atoms with van der Waals surface area (Å²) in [5.74, 6) is -5.99. The number of nitrogen functional groups attached to an aromatic ring is 1. The summed E-state index contributed by atoms with van der Waals surface area (Å²) < 4.78 is 68.5. The van der Waals surface area contributed by atoms with Gasteiger partial charge in [-0.25, -0.2) is 31.6 Å². The largest absolute Gasteiger partial charge is 0.383 e. The number of hydrogen-bond acceptors (Lipinski definition) is 6. The molecule has 0 saturated heterocycles. The van der Waals surface area contributed by atoms with Crippen LogP contribution in [0.4, 0.5) is 30.4 Å². The predicted octanol–water partition coefficient (Wildman–Crippen LogP) is 3.03. The number of para-hydroxylation sites is 1. The molecule has 0 bridgehead atoms. The van der Waals surface area contributed by atoms with E-state index >= 15 is 0 Å². The Morgan fingerprint density at radius 2 is 1.90 bits per heavy atom. The molecule has 1 amide bonds. The summed E-state index contributed by atoms with van der Waals surface area (Å²) in [7, 11) is -3.99. The quantitative estimate of drug-likeness (QED) is 0.507. The summed E-state index contributed by atoms with van der Waals surface area (Å²) in [6.45, 7) is 1.58. The van der Waals surface area contributed by atoms with Gasteiger partial charge in [0.05, 0.1) is 22.5 Å². The number of carbonyl (C=O) groups excluding carboxylic acids is 1. The highest BCUT2D eigenvalue weighted by molar-refractivity contribution is 7.92. The van der Waals surface area contributed by atoms with Gasteiger partial charge in [-0.15, -0.1) is 0 Å². The van der Waals surface area contributed by atoms with Crippen molar-refractivity contribution in [2.75, 3.05) is 21.5 Å². The predicted molar refractivity (Wildman–Crippen MR) is 106 cm³/mol. The average Bonchev–Trinajstić information content (AvgIpc) is 2.69. The van der Waals surface area contributed by atoms with Crippen LogP contribution in [0.1, 0.15) is 23.7 Å². The lowest BCUT2D eigenvalue weighted by Gasteiger charge is -2.14. The molecule has 0 aliphatic heterocycles. The molecule has 0 atom stereocenters. The molecule has 0 saturated carbocycles. The Kier molecular flexibility index (Phi) is 5.78. The summed E-state index contributed by atoms with van der Waals surface area (Å²) in [6, 6.07) is 4.69. The van der Waals surface area contributed by atoms with Crippen molar-refractivity contribution >= 4 is 44.0 Å². The van der Waals surface area contributed by atoms with E-state index in [4.69, 9.17) is 5.73 Å². The lowest BCUT2D eigenvalue weighted by molar-refractivity contribution is 0.102. The SMILES string of the molecule is CCCS(=O)(=O)Nc1cc(F)c(F)c(NC(=O)c2cccc3c(N)ncnc23)c1F. The number of anilines is 3. The van der Waals surface area contributed by atoms with Gasteiger partial charge in [0.2, 0.25) is 10.0 Å². The number of benzene rings is 2. The van der Waals surface area contributed by atoms with E-state index in [1.54, 1.807) is 13.0 Å². The van der Waals surface area contributed by atoms with E-state index < -0.39 is 44.8 Å². The Hall–Kier alpha value is -3.41. The number of rotatable bonds is 6. The molecule has 0 unspecified atom stereocenters. The minimum Gasteiger partial charge on any atom is -0.383 e. The minimum absolute atomic E-state index is 0.0883. The molecule has 1 heterocycles. The molecule has 0 aliphatic rings. The zero-order valence-corrected chi connectivity index (χ0v) is 16.4. The van der Waals surface area contributed by atoms with E-state index in [1.165, 1.54) is 12.1 Å². The molecule has 3 aromatic rings. The number of fused-ring (bicyclic) bond motifs is 1. The van der Waals surface area contributed by atoms with Crippen LogP contribution in [0.5, 0.6) is 0 Å². The first-order valence-corrected chi connectivity index (χ1v) is 10.3. The van der Waals surface area contributed by atoms with Crippen molar-refractivity contribution in [2.24, 2.45) is 0 Å². The molecule has 3 rings (SSSR count). The number of halogens is 3. The Morgan fingerprint density at radius 1 is 1.17 bits per heavy atom. The molecular formula is C18H16F3N5O3S. The highest BCUT2D eigenvalue weighted by Crippen LogP contribution is 2.30. The fraction of sp³-hybridized carbons (Fsp3) is 0.167. The van der Waals surface area contributed by atoms with Crippen LogP contribution in [0.3, 0.4) is 0 Å². The van der Waals surface area contributed by atoms with Gasteiger partial charge >= 0.3 is 0 Å². The number of aromatic nitrogens is 2. The van der Waals surface area contributed by atoms with E-state index in [9.17, 15) is 26.4 Å². The second-order valence-electron chi connectivity index (χ2n) is 6.24. The Bertz CT molecular complexity index is 1250. The number of nitrogens with zero attached hydrogens (tertiary/aromatic N) is 2. The van der Waals surface area contributed by atoms with Gasteiger partial charge in [0.15, 0.2) is 17.5 Å². The van der Waals surface area contributed by atoms with Crippen LogP contribution in [0.25, 0.3) is 10.9 Å². The molecule has 1 aromatic heterocycles. The highest BCUT2D eigenvalue weighted by atomic mass is 32.2. The average molecular weight is 439 g/mol. The maximum Gasteiger partial charge on any atom is 0.258 e. The summed E-state index contributed by atoms with van der Waals surface area (Å²) >= 11 is 0. The third kappa shape index (κ3) is 4.13. The van der Waals surface area contributed by atoms with Gasteiger partial charge in [-0.1, -0.05) is 13.0 Å². The zero-order valence-electron chi connectivity index (χ0n) is 15.5. The molecular weight excluding hydrogens is 423 g/mol. The van der Waals surface area contributed by atoms with E-state index in [0.29, 0.717) is 11.5 Å². The molecule has 0 spiro atoms. The molecule has 4 N–H and O–H groups in total. The smallest absolute Gasteiger partial charge is 0.258 e. The number of hydrogen-bond donors (Lipinski definition) is 3. The number of sulfonamides is 1. The third-order valence-electron chi connectivity index (χ3n) is 4.07. The van der Waals surface area contributed by atoms with Crippen LogP contribution in [-0.4, -0.2) is 30.0 Å². The van der Waals surface area contributed by atoms with Crippen LogP contribution in [0, 0.1) is 17.5 Å². The highest BCUT2D eigenvalue weighted by Gasteiger charge is 2.24. The second-order valence-corrected chi connectivity index (χ2v) is 8.09. The number of nitrogens with one attached hydrogen (secondary N) is 2. The van der Waals surface area contributed by atoms with Crippen LogP contribution >= 0.6 is 0 Å². The third-order valence-corrected chi connectivity index (χ3v) is 5.55. The molecule has 0 aliphatic carbocycles. The first kappa shape index (κ1) is 21.3. The Morgan fingerprint density at radius 3 is 2.60 bits per heavy atom. The topological polar surface area (TPSA) is 127 Å². The summed E-state index contributed by atoms with van der Waals surface area (Å²) in [6.07, 6.45) is 1.33. The molecule has 8 nitrogen and oxygen atoms in total. The van der Waals surface area contributed by atoms with Crippen molar-refractivity contribution in [1.29, 1.82) is 0 Å². The minimum atomic E-state index is -3.99. The normalized spacial score (nSPS) is 11.5. The molecule has 30 heavy (non-hydrogen) atoms. The lowest BCUT2D eigenvalue weighted by Crippen LogP contribution is -2.20. The van der Waals surface area contributed by atoms with Crippen molar-refractivity contribution in [3.05, 3.63) is 53.6 Å². The molecule has 12 heteroatoms. The van der Waals surface area contributed by atoms with E-state index in [1.807, 2.05) is 10.0 Å². The molecule has 158 valence electrons. The van der Waals surface area contributed by atoms with Crippen molar-refractivity contribution < 1.29 is 26.4 Å². The fourth-order valence-electron chi connectivity index (χ4n) is 2.75. The first-order chi connectivity index (χ1) is 14.1. The maximum atomic E-state index is 14.7. The summed E-state index contributed by atoms with van der Waals surface area (Å²) in [5, 5.41) is 2.27. The maximum absolute atomic E-state index is 14.7. The van der Waals surface area contributed by atoms with Gasteiger partial charge in [0.25, 0.3) is 5.91 Å². The van der Waals surface area contributed by atoms with Gasteiger partial charge in [-0.05, 0) is 18.6 Å². The Balaban J connectivity index is 2.03. The second kappa shape index (κ2) is 8.14. The van der Waals surface area contributed by atoms with Crippen molar-refractivity contribution in [3.63, 3.8) is 0 Å². The van der Waals surface area contributed by atoms with Crippen LogP contribution in [-0.2, 0) is 10.0 Å². The van der Waals surface area contributed by atoms with Gasteiger partial charge in [0, 0.05) is 11.5 Å². The monoisotopic (exact) mass is 439 g/mol. The van der Waals surface area contributed by atoms with E-state index in [-0.39, 0.29) is 29.1 Å². The fourth-order valence-corrected chi connectivity index (χ4v) is 3.87. The summed E-state index contributed by atoms with van der Waals surface area (Å²) in [5.41, 5.74) is 3.77. The Labute approximate surface area is 169 Å². The van der Waals surface area contributed by atoms with Gasteiger partial charge in [0.1, 0.15) is 17.8 Å². The van der Waals surface area contributed by atoms with Gasteiger partial charge < -0.3 is 11.1 Å². The van der Waals surface area contributed by atoms with E-state index in [2.05, 4.69) is 9.97 Å². The van der Waals surface area contributed by atoms with Crippen molar-refractivity contribution in [3.8, 4) is 0 Å². The number of nitrogens with two attached hydrogens (primary N) is 1. The lowest BCUT2D eigenvalue weighted by atomic mass is 10.1. The number of amides is 1. The van der Waals surface area contributed by atoms with Crippen LogP contribution in [0.2, 0.25) is 0 Å². The van der Waals surface area contributed by atoms with Crippen molar-refractivity contribution in [1.82, 2.24) is 9.97 Å². The van der Waals surface area contributed by atoms with Crippen LogP contribution in [0.15, 0.2) is 30.6 Å². The number of carbonyl (C=O) groups is 1. The molecule has 0 radical (unpaired) electrons. The van der Waals surface area contributed by atoms with Crippen molar-refractivity contribution in [2.45, 2.75) is 13.3 Å². The standard InChI is InChI=1S/C18H16F3N5O3S/c1-2-6-30(28,29)26-12-7-11(19)13(20)16(14(12)21)25-18(27)10-5-3-4-9-15(10)23-8-24-17(9)22/h3-5,7-8,26H,2,6H2,1H3,(H,25,27)(H2,22,23,24). The molecule has 0 fully saturated rings. The molecule has 2 aromatic carbocycles. The first-order valence-electron chi connectivity index (χ1n) is 8.63. The summed E-state index contributed by atoms with van der Waals surface area (Å²) in [4.78, 5) is 20.4.